The highest BCUT2D eigenvalue weighted by Crippen LogP contribution is 2.27. The van der Waals surface area contributed by atoms with E-state index in [0.29, 0.717) is 11.3 Å². The summed E-state index contributed by atoms with van der Waals surface area (Å²) in [5.41, 5.74) is 0.523. The van der Waals surface area contributed by atoms with Crippen molar-refractivity contribution >= 4 is 11.9 Å². The summed E-state index contributed by atoms with van der Waals surface area (Å²) >= 11 is 0. The molecule has 6 nitrogen and oxygen atoms in total. The van der Waals surface area contributed by atoms with Crippen molar-refractivity contribution in [1.82, 2.24) is 4.90 Å². The van der Waals surface area contributed by atoms with Crippen molar-refractivity contribution in [3.63, 3.8) is 0 Å². The van der Waals surface area contributed by atoms with E-state index in [1.54, 1.807) is 29.2 Å². The number of ether oxygens (including phenoxy) is 1. The number of hydrogen-bond acceptors (Lipinski definition) is 4. The Balaban J connectivity index is 1.86. The number of carbonyl (C=O) groups excluding carboxylic acids is 1. The summed E-state index contributed by atoms with van der Waals surface area (Å²) in [7, 11) is 0. The molecule has 0 radical (unpaired) electrons. The average molecular weight is 288 g/mol. The van der Waals surface area contributed by atoms with E-state index in [1.807, 2.05) is 6.07 Å². The molecule has 2 rings (SSSR count). The molecule has 6 heteroatoms. The molecule has 1 aromatic carbocycles. The lowest BCUT2D eigenvalue weighted by atomic mass is 10.2. The number of aliphatic carboxylic acids is 1. The molecule has 21 heavy (non-hydrogen) atoms. The molecule has 0 aromatic heterocycles. The second kappa shape index (κ2) is 6.75. The first-order valence-corrected chi connectivity index (χ1v) is 6.74. The molecule has 1 saturated carbocycles. The van der Waals surface area contributed by atoms with Crippen LogP contribution in [0, 0.1) is 11.3 Å². The molecule has 0 spiro atoms. The molecule has 0 bridgehead atoms. The quantitative estimate of drug-likeness (QED) is 0.819. The lowest BCUT2D eigenvalue weighted by Gasteiger charge is -2.21. The highest BCUT2D eigenvalue weighted by atomic mass is 16.5. The number of carbonyl (C=O) groups is 2. The van der Waals surface area contributed by atoms with E-state index in [1.165, 1.54) is 0 Å². The third-order valence-corrected chi connectivity index (χ3v) is 3.22. The minimum Gasteiger partial charge on any atom is -0.484 e. The Bertz CT molecular complexity index is 558. The molecule has 1 aliphatic rings. The number of rotatable bonds is 7. The number of nitriles is 1. The van der Waals surface area contributed by atoms with Gasteiger partial charge in [-0.1, -0.05) is 0 Å². The summed E-state index contributed by atoms with van der Waals surface area (Å²) in [5, 5.41) is 17.4. The second-order valence-electron chi connectivity index (χ2n) is 4.89. The van der Waals surface area contributed by atoms with Crippen LogP contribution in [0.5, 0.6) is 5.75 Å². The first kappa shape index (κ1) is 14.9. The van der Waals surface area contributed by atoms with Crippen LogP contribution < -0.4 is 4.74 Å². The zero-order chi connectivity index (χ0) is 15.2. The van der Waals surface area contributed by atoms with E-state index in [0.717, 1.165) is 12.8 Å². The van der Waals surface area contributed by atoms with Crippen LogP contribution in [0.4, 0.5) is 0 Å². The van der Waals surface area contributed by atoms with E-state index >= 15 is 0 Å². The molecule has 1 N–H and O–H groups in total. The van der Waals surface area contributed by atoms with Crippen molar-refractivity contribution in [3.05, 3.63) is 29.8 Å². The summed E-state index contributed by atoms with van der Waals surface area (Å²) in [6, 6.07) is 8.64. The second-order valence-corrected chi connectivity index (χ2v) is 4.89. The molecule has 0 saturated heterocycles. The third kappa shape index (κ3) is 4.49. The molecule has 1 aliphatic carbocycles. The molecule has 0 atom stereocenters. The number of carboxylic acid groups (broad SMARTS) is 1. The fraction of sp³-hybridized carbons (Fsp3) is 0.400. The van der Waals surface area contributed by atoms with Gasteiger partial charge in [-0.15, -0.1) is 0 Å². The van der Waals surface area contributed by atoms with Crippen molar-refractivity contribution in [1.29, 1.82) is 5.26 Å². The molecular weight excluding hydrogens is 272 g/mol. The van der Waals surface area contributed by atoms with Crippen molar-refractivity contribution in [3.8, 4) is 11.8 Å². The Hall–Kier alpha value is -2.55. The fourth-order valence-electron chi connectivity index (χ4n) is 1.97. The summed E-state index contributed by atoms with van der Waals surface area (Å²) in [6.45, 7) is 0.0948. The Labute approximate surface area is 122 Å². The van der Waals surface area contributed by atoms with E-state index in [2.05, 4.69) is 0 Å². The number of nitrogens with zero attached hydrogens (tertiary/aromatic N) is 2. The molecule has 110 valence electrons. The zero-order valence-corrected chi connectivity index (χ0v) is 11.5. The van der Waals surface area contributed by atoms with Gasteiger partial charge in [-0.05, 0) is 37.1 Å². The summed E-state index contributed by atoms with van der Waals surface area (Å²) in [5.74, 6) is -0.610. The Kier molecular flexibility index (Phi) is 4.77. The van der Waals surface area contributed by atoms with E-state index in [9.17, 15) is 9.59 Å². The molecule has 1 aromatic rings. The highest BCUT2D eigenvalue weighted by molar-refractivity contribution is 5.79. The largest absolute Gasteiger partial charge is 0.484 e. The Morgan fingerprint density at radius 3 is 2.52 bits per heavy atom. The predicted molar refractivity (Wildman–Crippen MR) is 73.6 cm³/mol. The van der Waals surface area contributed by atoms with Crippen LogP contribution >= 0.6 is 0 Å². The van der Waals surface area contributed by atoms with Gasteiger partial charge < -0.3 is 14.7 Å². The van der Waals surface area contributed by atoms with Crippen molar-refractivity contribution in [2.75, 3.05) is 13.2 Å². The van der Waals surface area contributed by atoms with Gasteiger partial charge >= 0.3 is 5.97 Å². The molecule has 0 aliphatic heterocycles. The van der Waals surface area contributed by atoms with Gasteiger partial charge in [-0.2, -0.15) is 5.26 Å². The molecular formula is C15H16N2O4. The minimum absolute atomic E-state index is 0.0564. The normalized spacial score (nSPS) is 13.3. The van der Waals surface area contributed by atoms with Gasteiger partial charge in [0, 0.05) is 12.6 Å². The van der Waals surface area contributed by atoms with Crippen molar-refractivity contribution < 1.29 is 19.4 Å². The molecule has 0 heterocycles. The molecule has 1 amide bonds. The number of hydrogen-bond donors (Lipinski definition) is 1. The van der Waals surface area contributed by atoms with E-state index < -0.39 is 5.97 Å². The smallest absolute Gasteiger partial charge is 0.305 e. The van der Waals surface area contributed by atoms with Gasteiger partial charge in [0.1, 0.15) is 5.75 Å². The number of carboxylic acids is 1. The first-order valence-electron chi connectivity index (χ1n) is 6.74. The summed E-state index contributed by atoms with van der Waals surface area (Å²) in [4.78, 5) is 24.3. The Morgan fingerprint density at radius 1 is 1.33 bits per heavy atom. The van der Waals surface area contributed by atoms with Crippen LogP contribution in [-0.4, -0.2) is 41.1 Å². The maximum absolute atomic E-state index is 12.1. The summed E-state index contributed by atoms with van der Waals surface area (Å²) in [6.07, 6.45) is 1.78. The van der Waals surface area contributed by atoms with Gasteiger partial charge in [0.15, 0.2) is 6.61 Å². The summed E-state index contributed by atoms with van der Waals surface area (Å²) < 4.78 is 5.38. The van der Waals surface area contributed by atoms with Gasteiger partial charge in [-0.3, -0.25) is 9.59 Å². The zero-order valence-electron chi connectivity index (χ0n) is 11.5. The van der Waals surface area contributed by atoms with Crippen LogP contribution in [0.25, 0.3) is 0 Å². The van der Waals surface area contributed by atoms with Crippen LogP contribution in [0.1, 0.15) is 24.8 Å². The lowest BCUT2D eigenvalue weighted by molar-refractivity contribution is -0.139. The predicted octanol–water partition coefficient (Wildman–Crippen LogP) is 1.40. The third-order valence-electron chi connectivity index (χ3n) is 3.22. The Morgan fingerprint density at radius 2 is 2.00 bits per heavy atom. The maximum Gasteiger partial charge on any atom is 0.305 e. The molecule has 1 fully saturated rings. The number of amides is 1. The number of benzene rings is 1. The minimum atomic E-state index is -0.915. The van der Waals surface area contributed by atoms with Gasteiger partial charge in [0.2, 0.25) is 0 Å². The van der Waals surface area contributed by atoms with Crippen LogP contribution in [-0.2, 0) is 9.59 Å². The monoisotopic (exact) mass is 288 g/mol. The van der Waals surface area contributed by atoms with Crippen LogP contribution in [0.3, 0.4) is 0 Å². The highest BCUT2D eigenvalue weighted by Gasteiger charge is 2.32. The SMILES string of the molecule is N#Cc1ccc(OCC(=O)N(CCC(=O)O)C2CC2)cc1. The maximum atomic E-state index is 12.1. The standard InChI is InChI=1S/C15H16N2O4/c16-9-11-1-5-13(6-2-11)21-10-14(18)17(12-3-4-12)8-7-15(19)20/h1-2,5-6,12H,3-4,7-8,10H2,(H,19,20). The van der Waals surface area contributed by atoms with Crippen molar-refractivity contribution in [2.45, 2.75) is 25.3 Å². The van der Waals surface area contributed by atoms with Crippen LogP contribution in [0.15, 0.2) is 24.3 Å². The van der Waals surface area contributed by atoms with Gasteiger partial charge in [0.05, 0.1) is 18.1 Å². The average Bonchev–Trinajstić information content (AvgIpc) is 3.30. The topological polar surface area (TPSA) is 90.6 Å². The van der Waals surface area contributed by atoms with Gasteiger partial charge in [0.25, 0.3) is 5.91 Å². The molecule has 0 unspecified atom stereocenters. The lowest BCUT2D eigenvalue weighted by Crippen LogP contribution is -2.38. The van der Waals surface area contributed by atoms with E-state index in [4.69, 9.17) is 15.1 Å². The fourth-order valence-corrected chi connectivity index (χ4v) is 1.97. The van der Waals surface area contributed by atoms with E-state index in [-0.39, 0.29) is 31.5 Å². The first-order chi connectivity index (χ1) is 10.1. The van der Waals surface area contributed by atoms with Gasteiger partial charge in [-0.25, -0.2) is 0 Å². The van der Waals surface area contributed by atoms with Crippen LogP contribution in [0.2, 0.25) is 0 Å². The van der Waals surface area contributed by atoms with Crippen molar-refractivity contribution in [2.24, 2.45) is 0 Å².